The molecule has 2 aliphatic rings. The number of halogens is 1. The van der Waals surface area contributed by atoms with E-state index in [9.17, 15) is 5.11 Å². The lowest BCUT2D eigenvalue weighted by atomic mass is 9.97. The summed E-state index contributed by atoms with van der Waals surface area (Å²) in [5, 5.41) is 9.43. The van der Waals surface area contributed by atoms with E-state index >= 15 is 0 Å². The summed E-state index contributed by atoms with van der Waals surface area (Å²) in [6.45, 7) is 0. The Kier molecular flexibility index (Phi) is 1.24. The standard InChI is InChI=1S/C7H11ClO/c8-6-4-1-2-5(3-4)7(6)9/h4-7,9H,1-3H2/t4-,5+,6+,7+/m0/s1. The molecule has 52 valence electrons. The van der Waals surface area contributed by atoms with Gasteiger partial charge in [-0.2, -0.15) is 0 Å². The molecule has 2 rings (SSSR count). The summed E-state index contributed by atoms with van der Waals surface area (Å²) < 4.78 is 0. The third kappa shape index (κ3) is 0.714. The molecule has 2 aliphatic carbocycles. The van der Waals surface area contributed by atoms with E-state index in [4.69, 9.17) is 11.6 Å². The molecule has 0 aromatic carbocycles. The number of hydrogen-bond donors (Lipinski definition) is 1. The minimum Gasteiger partial charge on any atom is -0.391 e. The number of fused-ring (bicyclic) bond motifs is 2. The van der Waals surface area contributed by atoms with Crippen LogP contribution in [0.2, 0.25) is 0 Å². The van der Waals surface area contributed by atoms with E-state index < -0.39 is 0 Å². The quantitative estimate of drug-likeness (QED) is 0.512. The second kappa shape index (κ2) is 1.86. The van der Waals surface area contributed by atoms with Crippen LogP contribution in [0.1, 0.15) is 19.3 Å². The smallest absolute Gasteiger partial charge is 0.0734 e. The van der Waals surface area contributed by atoms with Crippen molar-refractivity contribution in [2.75, 3.05) is 0 Å². The van der Waals surface area contributed by atoms with Crippen molar-refractivity contribution >= 4 is 11.6 Å². The predicted octanol–water partition coefficient (Wildman–Crippen LogP) is 1.38. The van der Waals surface area contributed by atoms with Crippen LogP contribution in [0, 0.1) is 11.8 Å². The molecule has 2 heteroatoms. The minimum atomic E-state index is -0.189. The fourth-order valence-corrected chi connectivity index (χ4v) is 2.63. The first-order valence-corrected chi connectivity index (χ1v) is 4.05. The topological polar surface area (TPSA) is 20.2 Å². The maximum Gasteiger partial charge on any atom is 0.0734 e. The van der Waals surface area contributed by atoms with E-state index in [0.29, 0.717) is 11.8 Å². The van der Waals surface area contributed by atoms with Crippen LogP contribution in [0.15, 0.2) is 0 Å². The number of alkyl halides is 1. The molecule has 1 nitrogen and oxygen atoms in total. The SMILES string of the molecule is O[C@@H]1[C@@H]2CC[C@@H](C2)[C@H]1Cl. The minimum absolute atomic E-state index is 0.0729. The van der Waals surface area contributed by atoms with E-state index in [1.54, 1.807) is 0 Å². The molecule has 0 spiro atoms. The van der Waals surface area contributed by atoms with Gasteiger partial charge in [-0.05, 0) is 31.1 Å². The lowest BCUT2D eigenvalue weighted by Crippen LogP contribution is -2.27. The van der Waals surface area contributed by atoms with Crippen molar-refractivity contribution < 1.29 is 5.11 Å². The van der Waals surface area contributed by atoms with Gasteiger partial charge in [0.25, 0.3) is 0 Å². The normalized spacial score (nSPS) is 56.7. The van der Waals surface area contributed by atoms with Crippen molar-refractivity contribution in [2.24, 2.45) is 11.8 Å². The molecule has 1 N–H and O–H groups in total. The summed E-state index contributed by atoms with van der Waals surface area (Å²) in [5.74, 6) is 1.17. The Bertz CT molecular complexity index is 108. The van der Waals surface area contributed by atoms with Gasteiger partial charge in [0.2, 0.25) is 0 Å². The predicted molar refractivity (Wildman–Crippen MR) is 36.5 cm³/mol. The number of aliphatic hydroxyl groups excluding tert-OH is 1. The number of hydrogen-bond acceptors (Lipinski definition) is 1. The Hall–Kier alpha value is 0.250. The number of aliphatic hydroxyl groups is 1. The van der Waals surface area contributed by atoms with E-state index in [1.165, 1.54) is 19.3 Å². The molecule has 0 aliphatic heterocycles. The van der Waals surface area contributed by atoms with Crippen molar-refractivity contribution in [3.05, 3.63) is 0 Å². The summed E-state index contributed by atoms with van der Waals surface area (Å²) in [5.41, 5.74) is 0. The summed E-state index contributed by atoms with van der Waals surface area (Å²) in [6, 6.07) is 0. The highest BCUT2D eigenvalue weighted by molar-refractivity contribution is 6.21. The molecule has 0 amide bonds. The van der Waals surface area contributed by atoms with Crippen LogP contribution < -0.4 is 0 Å². The first kappa shape index (κ1) is 5.99. The molecule has 0 saturated heterocycles. The van der Waals surface area contributed by atoms with Gasteiger partial charge in [-0.15, -0.1) is 11.6 Å². The highest BCUT2D eigenvalue weighted by Gasteiger charge is 2.45. The molecular formula is C7H11ClO. The van der Waals surface area contributed by atoms with Crippen LogP contribution in [0.5, 0.6) is 0 Å². The van der Waals surface area contributed by atoms with Gasteiger partial charge in [-0.3, -0.25) is 0 Å². The fraction of sp³-hybridized carbons (Fsp3) is 1.00. The van der Waals surface area contributed by atoms with Crippen molar-refractivity contribution in [3.63, 3.8) is 0 Å². The van der Waals surface area contributed by atoms with E-state index in [2.05, 4.69) is 0 Å². The maximum atomic E-state index is 9.36. The van der Waals surface area contributed by atoms with Crippen LogP contribution in [0.4, 0.5) is 0 Å². The van der Waals surface area contributed by atoms with Crippen LogP contribution >= 0.6 is 11.6 Å². The second-order valence-corrected chi connectivity index (χ2v) is 3.77. The summed E-state index contributed by atoms with van der Waals surface area (Å²) in [4.78, 5) is 0. The molecule has 0 radical (unpaired) electrons. The summed E-state index contributed by atoms with van der Waals surface area (Å²) in [6.07, 6.45) is 3.44. The molecule has 0 heterocycles. The Morgan fingerprint density at radius 3 is 2.22 bits per heavy atom. The monoisotopic (exact) mass is 146 g/mol. The van der Waals surface area contributed by atoms with Gasteiger partial charge in [0, 0.05) is 0 Å². The van der Waals surface area contributed by atoms with Crippen molar-refractivity contribution in [1.29, 1.82) is 0 Å². The van der Waals surface area contributed by atoms with Crippen molar-refractivity contribution in [1.82, 2.24) is 0 Å². The molecule has 0 aromatic heterocycles. The van der Waals surface area contributed by atoms with E-state index in [1.807, 2.05) is 0 Å². The average molecular weight is 147 g/mol. The largest absolute Gasteiger partial charge is 0.391 e. The molecule has 0 unspecified atom stereocenters. The Balaban J connectivity index is 2.15. The van der Waals surface area contributed by atoms with Crippen LogP contribution in [-0.2, 0) is 0 Å². The summed E-state index contributed by atoms with van der Waals surface area (Å²) >= 11 is 5.91. The molecule has 0 aromatic rings. The van der Waals surface area contributed by atoms with Crippen molar-refractivity contribution in [2.45, 2.75) is 30.7 Å². The zero-order chi connectivity index (χ0) is 6.43. The molecule has 2 fully saturated rings. The highest BCUT2D eigenvalue weighted by atomic mass is 35.5. The molecule has 4 atom stereocenters. The third-order valence-electron chi connectivity index (χ3n) is 2.77. The average Bonchev–Trinajstić information content (AvgIpc) is 2.37. The molecule has 2 saturated carbocycles. The van der Waals surface area contributed by atoms with Gasteiger partial charge in [-0.25, -0.2) is 0 Å². The van der Waals surface area contributed by atoms with Gasteiger partial charge >= 0.3 is 0 Å². The van der Waals surface area contributed by atoms with Gasteiger partial charge in [0.05, 0.1) is 11.5 Å². The fourth-order valence-electron chi connectivity index (χ4n) is 2.19. The molecule has 9 heavy (non-hydrogen) atoms. The lowest BCUT2D eigenvalue weighted by Gasteiger charge is -2.20. The Labute approximate surface area is 60.0 Å². The zero-order valence-electron chi connectivity index (χ0n) is 5.26. The first-order valence-electron chi connectivity index (χ1n) is 3.61. The highest BCUT2D eigenvalue weighted by Crippen LogP contribution is 2.46. The lowest BCUT2D eigenvalue weighted by molar-refractivity contribution is 0.117. The number of rotatable bonds is 0. The zero-order valence-corrected chi connectivity index (χ0v) is 6.01. The molecule has 2 bridgehead atoms. The Morgan fingerprint density at radius 1 is 1.22 bits per heavy atom. The van der Waals surface area contributed by atoms with Gasteiger partial charge in [0.1, 0.15) is 0 Å². The third-order valence-corrected chi connectivity index (χ3v) is 3.39. The summed E-state index contributed by atoms with van der Waals surface area (Å²) in [7, 11) is 0. The van der Waals surface area contributed by atoms with Crippen molar-refractivity contribution in [3.8, 4) is 0 Å². The van der Waals surface area contributed by atoms with Gasteiger partial charge < -0.3 is 5.11 Å². The van der Waals surface area contributed by atoms with Crippen LogP contribution in [-0.4, -0.2) is 16.6 Å². The maximum absolute atomic E-state index is 9.36. The van der Waals surface area contributed by atoms with Crippen LogP contribution in [0.3, 0.4) is 0 Å². The van der Waals surface area contributed by atoms with E-state index in [0.717, 1.165) is 0 Å². The Morgan fingerprint density at radius 2 is 1.89 bits per heavy atom. The molecular weight excluding hydrogens is 136 g/mol. The van der Waals surface area contributed by atoms with Gasteiger partial charge in [0.15, 0.2) is 0 Å². The van der Waals surface area contributed by atoms with Crippen LogP contribution in [0.25, 0.3) is 0 Å². The van der Waals surface area contributed by atoms with Gasteiger partial charge in [-0.1, -0.05) is 0 Å². The first-order chi connectivity index (χ1) is 4.29. The second-order valence-electron chi connectivity index (χ2n) is 3.27. The van der Waals surface area contributed by atoms with E-state index in [-0.39, 0.29) is 11.5 Å².